The molecule has 0 bridgehead atoms. The maximum absolute atomic E-state index is 11.1. The summed E-state index contributed by atoms with van der Waals surface area (Å²) in [6.45, 7) is 3.91. The van der Waals surface area contributed by atoms with E-state index in [0.717, 1.165) is 10.0 Å². The number of carbonyl (C=O) groups is 1. The van der Waals surface area contributed by atoms with Crippen molar-refractivity contribution in [1.82, 2.24) is 9.88 Å². The Morgan fingerprint density at radius 1 is 1.56 bits per heavy atom. The Bertz CT molecular complexity index is 393. The maximum atomic E-state index is 11.1. The molecule has 1 aromatic rings. The van der Waals surface area contributed by atoms with Gasteiger partial charge in [-0.05, 0) is 48.5 Å². The highest BCUT2D eigenvalue weighted by Crippen LogP contribution is 2.17. The minimum atomic E-state index is -0.887. The van der Waals surface area contributed by atoms with Crippen LogP contribution in [0.3, 0.4) is 0 Å². The third-order valence-electron chi connectivity index (χ3n) is 2.66. The fourth-order valence-corrected chi connectivity index (χ4v) is 1.59. The first-order chi connectivity index (χ1) is 7.34. The Morgan fingerprint density at radius 2 is 2.19 bits per heavy atom. The van der Waals surface area contributed by atoms with Crippen molar-refractivity contribution < 1.29 is 9.90 Å². The first kappa shape index (κ1) is 13.1. The number of carboxylic acids is 1. The second-order valence-electron chi connectivity index (χ2n) is 4.23. The van der Waals surface area contributed by atoms with Crippen LogP contribution in [0.25, 0.3) is 0 Å². The van der Waals surface area contributed by atoms with E-state index < -0.39 is 11.5 Å². The molecule has 5 heteroatoms. The van der Waals surface area contributed by atoms with Gasteiger partial charge in [-0.15, -0.1) is 0 Å². The fourth-order valence-electron chi connectivity index (χ4n) is 1.18. The average Bonchev–Trinajstić information content (AvgIpc) is 2.17. The lowest BCUT2D eigenvalue weighted by molar-refractivity contribution is -0.148. The van der Waals surface area contributed by atoms with Crippen molar-refractivity contribution >= 4 is 21.9 Å². The number of hydrogen-bond donors (Lipinski definition) is 1. The first-order valence-corrected chi connectivity index (χ1v) is 5.67. The summed E-state index contributed by atoms with van der Waals surface area (Å²) in [6, 6.07) is 1.93. The SMILES string of the molecule is CN(Cc1cncc(Br)c1)C(C)(C)C(=O)O. The molecule has 0 saturated heterocycles. The molecule has 0 spiro atoms. The van der Waals surface area contributed by atoms with Gasteiger partial charge in [0.25, 0.3) is 0 Å². The molecule has 0 aromatic carbocycles. The van der Waals surface area contributed by atoms with E-state index in [2.05, 4.69) is 20.9 Å². The predicted octanol–water partition coefficient (Wildman–Crippen LogP) is 2.14. The third-order valence-corrected chi connectivity index (χ3v) is 3.09. The van der Waals surface area contributed by atoms with Crippen LogP contribution >= 0.6 is 15.9 Å². The molecule has 0 radical (unpaired) electrons. The Morgan fingerprint density at radius 3 is 2.69 bits per heavy atom. The summed E-state index contributed by atoms with van der Waals surface area (Å²) in [6.07, 6.45) is 3.44. The third kappa shape index (κ3) is 3.02. The normalized spacial score (nSPS) is 11.8. The van der Waals surface area contributed by atoms with E-state index >= 15 is 0 Å². The van der Waals surface area contributed by atoms with E-state index in [1.54, 1.807) is 38.2 Å². The Balaban J connectivity index is 2.79. The summed E-state index contributed by atoms with van der Waals surface area (Å²) in [5, 5.41) is 9.08. The largest absolute Gasteiger partial charge is 0.480 e. The number of halogens is 1. The number of hydrogen-bond acceptors (Lipinski definition) is 3. The van der Waals surface area contributed by atoms with Gasteiger partial charge in [0.2, 0.25) is 0 Å². The summed E-state index contributed by atoms with van der Waals surface area (Å²) in [5.74, 6) is -0.835. The van der Waals surface area contributed by atoms with Crippen LogP contribution in [-0.2, 0) is 11.3 Å². The van der Waals surface area contributed by atoms with Crippen LogP contribution in [-0.4, -0.2) is 33.5 Å². The van der Waals surface area contributed by atoms with Crippen molar-refractivity contribution in [2.45, 2.75) is 25.9 Å². The molecule has 0 aliphatic carbocycles. The highest BCUT2D eigenvalue weighted by Gasteiger charge is 2.31. The zero-order valence-electron chi connectivity index (χ0n) is 9.57. The summed E-state index contributed by atoms with van der Waals surface area (Å²) < 4.78 is 0.895. The topological polar surface area (TPSA) is 53.4 Å². The van der Waals surface area contributed by atoms with Gasteiger partial charge < -0.3 is 5.11 Å². The highest BCUT2D eigenvalue weighted by molar-refractivity contribution is 9.10. The second-order valence-corrected chi connectivity index (χ2v) is 5.15. The van der Waals surface area contributed by atoms with Crippen molar-refractivity contribution in [2.24, 2.45) is 0 Å². The monoisotopic (exact) mass is 286 g/mol. The van der Waals surface area contributed by atoms with E-state index in [1.807, 2.05) is 6.07 Å². The summed E-state index contributed by atoms with van der Waals surface area (Å²) in [4.78, 5) is 16.9. The molecule has 1 N–H and O–H groups in total. The minimum absolute atomic E-state index is 0.547. The molecule has 88 valence electrons. The van der Waals surface area contributed by atoms with Crippen LogP contribution in [0.2, 0.25) is 0 Å². The molecule has 0 aliphatic rings. The lowest BCUT2D eigenvalue weighted by atomic mass is 10.0. The maximum Gasteiger partial charge on any atom is 0.323 e. The van der Waals surface area contributed by atoms with E-state index in [0.29, 0.717) is 6.54 Å². The minimum Gasteiger partial charge on any atom is -0.480 e. The second kappa shape index (κ2) is 4.93. The summed E-state index contributed by atoms with van der Waals surface area (Å²) >= 11 is 3.33. The molecule has 0 fully saturated rings. The number of aliphatic carboxylic acids is 1. The number of pyridine rings is 1. The first-order valence-electron chi connectivity index (χ1n) is 4.88. The van der Waals surface area contributed by atoms with Crippen molar-refractivity contribution in [1.29, 1.82) is 0 Å². The molecule has 0 aliphatic heterocycles. The number of likely N-dealkylation sites (N-methyl/N-ethyl adjacent to an activating group) is 1. The molecule has 0 saturated carbocycles. The molecule has 0 atom stereocenters. The average molecular weight is 287 g/mol. The fraction of sp³-hybridized carbons (Fsp3) is 0.455. The van der Waals surface area contributed by atoms with Gasteiger partial charge in [0.05, 0.1) is 0 Å². The zero-order valence-corrected chi connectivity index (χ0v) is 11.2. The van der Waals surface area contributed by atoms with Gasteiger partial charge in [-0.1, -0.05) is 0 Å². The van der Waals surface area contributed by atoms with E-state index in [4.69, 9.17) is 5.11 Å². The van der Waals surface area contributed by atoms with Gasteiger partial charge >= 0.3 is 5.97 Å². The van der Waals surface area contributed by atoms with E-state index in [1.165, 1.54) is 0 Å². The Labute approximate surface area is 103 Å². The molecule has 4 nitrogen and oxygen atoms in total. The molecule has 0 amide bonds. The Hall–Kier alpha value is -0.940. The molecular formula is C11H15BrN2O2. The molecule has 1 heterocycles. The molecule has 1 rings (SSSR count). The quantitative estimate of drug-likeness (QED) is 0.921. The van der Waals surface area contributed by atoms with Gasteiger partial charge in [0, 0.05) is 23.4 Å². The zero-order chi connectivity index (χ0) is 12.3. The van der Waals surface area contributed by atoms with Crippen molar-refractivity contribution in [2.75, 3.05) is 7.05 Å². The smallest absolute Gasteiger partial charge is 0.323 e. The van der Waals surface area contributed by atoms with E-state index in [9.17, 15) is 4.79 Å². The van der Waals surface area contributed by atoms with Crippen LogP contribution in [0.4, 0.5) is 0 Å². The van der Waals surface area contributed by atoms with Crippen molar-refractivity contribution in [3.63, 3.8) is 0 Å². The lowest BCUT2D eigenvalue weighted by Gasteiger charge is -2.31. The van der Waals surface area contributed by atoms with Crippen LogP contribution < -0.4 is 0 Å². The summed E-state index contributed by atoms with van der Waals surface area (Å²) in [7, 11) is 1.79. The number of aromatic nitrogens is 1. The number of carboxylic acid groups (broad SMARTS) is 1. The van der Waals surface area contributed by atoms with Crippen LogP contribution in [0.15, 0.2) is 22.9 Å². The van der Waals surface area contributed by atoms with Gasteiger partial charge in [0.15, 0.2) is 0 Å². The number of nitrogens with zero attached hydrogens (tertiary/aromatic N) is 2. The molecule has 1 aromatic heterocycles. The van der Waals surface area contributed by atoms with Crippen molar-refractivity contribution in [3.8, 4) is 0 Å². The van der Waals surface area contributed by atoms with Gasteiger partial charge in [-0.3, -0.25) is 14.7 Å². The standard InChI is InChI=1S/C11H15BrN2O2/c1-11(2,10(15)16)14(3)7-8-4-9(12)6-13-5-8/h4-6H,7H2,1-3H3,(H,15,16). The van der Waals surface area contributed by atoms with Crippen LogP contribution in [0.1, 0.15) is 19.4 Å². The highest BCUT2D eigenvalue weighted by atomic mass is 79.9. The summed E-state index contributed by atoms with van der Waals surface area (Å²) in [5.41, 5.74) is 0.0914. The van der Waals surface area contributed by atoms with Crippen molar-refractivity contribution in [3.05, 3.63) is 28.5 Å². The predicted molar refractivity (Wildman–Crippen MR) is 65.1 cm³/mol. The Kier molecular flexibility index (Phi) is 4.04. The van der Waals surface area contributed by atoms with Gasteiger partial charge in [0.1, 0.15) is 5.54 Å². The molecular weight excluding hydrogens is 272 g/mol. The van der Waals surface area contributed by atoms with Crippen LogP contribution in [0.5, 0.6) is 0 Å². The van der Waals surface area contributed by atoms with E-state index in [-0.39, 0.29) is 0 Å². The van der Waals surface area contributed by atoms with Gasteiger partial charge in [-0.2, -0.15) is 0 Å². The lowest BCUT2D eigenvalue weighted by Crippen LogP contribution is -2.47. The van der Waals surface area contributed by atoms with Crippen LogP contribution in [0, 0.1) is 0 Å². The molecule has 0 unspecified atom stereocenters. The molecule has 16 heavy (non-hydrogen) atoms. The number of rotatable bonds is 4. The van der Waals surface area contributed by atoms with Gasteiger partial charge in [-0.25, -0.2) is 0 Å².